The molecule has 11 heteroatoms. The third kappa shape index (κ3) is 7.95. The van der Waals surface area contributed by atoms with Crippen molar-refractivity contribution in [2.45, 2.75) is 12.5 Å². The van der Waals surface area contributed by atoms with Gasteiger partial charge in [-0.2, -0.15) is 0 Å². The van der Waals surface area contributed by atoms with E-state index in [1.807, 2.05) is 17.0 Å². The minimum Gasteiger partial charge on any atom is -0.459 e. The van der Waals surface area contributed by atoms with Crippen LogP contribution in [0.4, 0.5) is 5.13 Å². The van der Waals surface area contributed by atoms with Crippen LogP contribution < -0.4 is 5.32 Å². The van der Waals surface area contributed by atoms with Gasteiger partial charge in [-0.25, -0.2) is 4.98 Å². The Hall–Kier alpha value is -4.32. The van der Waals surface area contributed by atoms with Gasteiger partial charge in [-0.3, -0.25) is 19.3 Å². The Labute approximate surface area is 254 Å². The van der Waals surface area contributed by atoms with Crippen molar-refractivity contribution in [2.75, 3.05) is 58.3 Å². The molecule has 2 aromatic carbocycles. The van der Waals surface area contributed by atoms with E-state index < -0.39 is 11.8 Å². The van der Waals surface area contributed by atoms with E-state index in [2.05, 4.69) is 63.7 Å². The minimum absolute atomic E-state index is 0.00795. The van der Waals surface area contributed by atoms with Gasteiger partial charge in [0.2, 0.25) is 11.8 Å². The van der Waals surface area contributed by atoms with Gasteiger partial charge in [0.05, 0.1) is 31.0 Å². The number of nitrogens with one attached hydrogen (secondary N) is 1. The number of carbonyl (C=O) groups is 3. The average molecular weight is 602 g/mol. The average Bonchev–Trinajstić information content (AvgIpc) is 3.73. The van der Waals surface area contributed by atoms with Crippen molar-refractivity contribution in [2.24, 2.45) is 0 Å². The molecule has 1 aliphatic rings. The molecule has 0 atom stereocenters. The summed E-state index contributed by atoms with van der Waals surface area (Å²) < 4.78 is 10.3. The van der Waals surface area contributed by atoms with Crippen LogP contribution in [-0.2, 0) is 20.7 Å². The molecule has 0 unspecified atom stereocenters. The number of methoxy groups -OCH3 is 1. The summed E-state index contributed by atoms with van der Waals surface area (Å²) in [6.07, 6.45) is 1.57. The monoisotopic (exact) mass is 601 g/mol. The van der Waals surface area contributed by atoms with Crippen molar-refractivity contribution >= 4 is 34.2 Å². The first kappa shape index (κ1) is 30.1. The van der Waals surface area contributed by atoms with Gasteiger partial charge < -0.3 is 24.3 Å². The number of nitrogens with zero attached hydrogens (tertiary/aromatic N) is 4. The highest BCUT2D eigenvalue weighted by Gasteiger charge is 2.28. The lowest BCUT2D eigenvalue weighted by Crippen LogP contribution is -2.50. The highest BCUT2D eigenvalue weighted by Crippen LogP contribution is 2.29. The molecule has 1 N–H and O–H groups in total. The molecule has 3 heterocycles. The number of rotatable bonds is 12. The Morgan fingerprint density at radius 3 is 2.26 bits per heavy atom. The number of piperazine rings is 1. The van der Waals surface area contributed by atoms with Gasteiger partial charge in [0.1, 0.15) is 6.54 Å². The predicted octanol–water partition coefficient (Wildman–Crippen LogP) is 3.94. The maximum absolute atomic E-state index is 13.2. The summed E-state index contributed by atoms with van der Waals surface area (Å²) >= 11 is 1.25. The quantitative estimate of drug-likeness (QED) is 0.262. The molecule has 0 radical (unpaired) electrons. The van der Waals surface area contributed by atoms with E-state index in [-0.39, 0.29) is 43.8 Å². The molecule has 1 fully saturated rings. The summed E-state index contributed by atoms with van der Waals surface area (Å²) in [5.41, 5.74) is 3.07. The molecule has 0 saturated carbocycles. The lowest BCUT2D eigenvalue weighted by molar-refractivity contribution is -0.132. The van der Waals surface area contributed by atoms with Gasteiger partial charge in [0.15, 0.2) is 10.9 Å². The predicted molar refractivity (Wildman–Crippen MR) is 164 cm³/mol. The number of anilines is 1. The summed E-state index contributed by atoms with van der Waals surface area (Å²) in [7, 11) is 1.53. The zero-order valence-electron chi connectivity index (χ0n) is 24.1. The second kappa shape index (κ2) is 14.7. The van der Waals surface area contributed by atoms with Crippen molar-refractivity contribution in [3.05, 3.63) is 107 Å². The second-order valence-electron chi connectivity index (χ2n) is 10.2. The Morgan fingerprint density at radius 2 is 1.65 bits per heavy atom. The molecule has 224 valence electrons. The summed E-state index contributed by atoms with van der Waals surface area (Å²) in [5.74, 6) is -0.642. The van der Waals surface area contributed by atoms with Gasteiger partial charge >= 0.3 is 0 Å². The molecule has 1 aliphatic heterocycles. The fourth-order valence-electron chi connectivity index (χ4n) is 5.17. The van der Waals surface area contributed by atoms with E-state index in [1.54, 1.807) is 17.5 Å². The number of benzene rings is 2. The number of aromatic nitrogens is 1. The van der Waals surface area contributed by atoms with Crippen LogP contribution in [0.25, 0.3) is 0 Å². The van der Waals surface area contributed by atoms with E-state index in [9.17, 15) is 14.4 Å². The van der Waals surface area contributed by atoms with Crippen LogP contribution in [0.1, 0.15) is 33.4 Å². The lowest BCUT2D eigenvalue weighted by Gasteiger charge is -2.39. The first-order valence-corrected chi connectivity index (χ1v) is 15.1. The van der Waals surface area contributed by atoms with Gasteiger partial charge in [-0.05, 0) is 23.3 Å². The van der Waals surface area contributed by atoms with E-state index >= 15 is 0 Å². The third-order valence-corrected chi connectivity index (χ3v) is 8.12. The Morgan fingerprint density at radius 1 is 0.977 bits per heavy atom. The van der Waals surface area contributed by atoms with Crippen molar-refractivity contribution in [3.63, 3.8) is 0 Å². The molecule has 0 spiro atoms. The Bertz CT molecular complexity index is 1430. The third-order valence-electron chi connectivity index (χ3n) is 7.31. The molecule has 1 saturated heterocycles. The molecule has 43 heavy (non-hydrogen) atoms. The summed E-state index contributed by atoms with van der Waals surface area (Å²) in [6.45, 7) is 3.09. The molecule has 0 bridgehead atoms. The zero-order chi connectivity index (χ0) is 30.0. The number of carbonyl (C=O) groups excluding carboxylic acids is 3. The SMILES string of the molecule is COCCN(CC(=O)Nc1nc(CC(=O)N2CCN(C(c3ccccc3)c3ccccc3)CC2)cs1)C(=O)c1ccco1. The van der Waals surface area contributed by atoms with E-state index in [4.69, 9.17) is 9.15 Å². The summed E-state index contributed by atoms with van der Waals surface area (Å²) in [6, 6.07) is 24.2. The van der Waals surface area contributed by atoms with E-state index in [0.717, 1.165) is 13.1 Å². The van der Waals surface area contributed by atoms with Crippen LogP contribution in [0.2, 0.25) is 0 Å². The van der Waals surface area contributed by atoms with Crippen LogP contribution in [-0.4, -0.2) is 90.4 Å². The van der Waals surface area contributed by atoms with Crippen LogP contribution in [0, 0.1) is 0 Å². The van der Waals surface area contributed by atoms with Crippen LogP contribution >= 0.6 is 11.3 Å². The highest BCUT2D eigenvalue weighted by atomic mass is 32.1. The number of hydrogen-bond acceptors (Lipinski definition) is 8. The smallest absolute Gasteiger partial charge is 0.290 e. The highest BCUT2D eigenvalue weighted by molar-refractivity contribution is 7.13. The molecular formula is C32H35N5O5S. The number of furan rings is 1. The molecule has 10 nitrogen and oxygen atoms in total. The maximum atomic E-state index is 13.2. The van der Waals surface area contributed by atoms with Gasteiger partial charge in [0, 0.05) is 45.2 Å². The molecule has 5 rings (SSSR count). The van der Waals surface area contributed by atoms with Crippen molar-refractivity contribution in [3.8, 4) is 0 Å². The van der Waals surface area contributed by atoms with E-state index in [0.29, 0.717) is 23.9 Å². The topological polar surface area (TPSA) is 108 Å². The van der Waals surface area contributed by atoms with Gasteiger partial charge in [0.25, 0.3) is 5.91 Å². The van der Waals surface area contributed by atoms with Crippen LogP contribution in [0.3, 0.4) is 0 Å². The standard InChI is InChI=1S/C32H35N5O5S/c1-41-20-18-37(31(40)27-13-8-19-42-27)22-28(38)34-32-33-26(23-43-32)21-29(39)35-14-16-36(17-15-35)30(24-9-4-2-5-10-24)25-11-6-3-7-12-25/h2-13,19,23,30H,14-18,20-22H2,1H3,(H,33,34,38). The summed E-state index contributed by atoms with van der Waals surface area (Å²) in [5, 5.41) is 4.90. The Kier molecular flexibility index (Phi) is 10.3. The number of hydrogen-bond donors (Lipinski definition) is 1. The first-order chi connectivity index (χ1) is 21.0. The van der Waals surface area contributed by atoms with Gasteiger partial charge in [-0.15, -0.1) is 11.3 Å². The zero-order valence-corrected chi connectivity index (χ0v) is 24.9. The van der Waals surface area contributed by atoms with Crippen LogP contribution in [0.15, 0.2) is 88.9 Å². The molecule has 2 aromatic heterocycles. The Balaban J connectivity index is 1.14. The molecule has 3 amide bonds. The fraction of sp³-hybridized carbons (Fsp3) is 0.312. The van der Waals surface area contributed by atoms with Crippen molar-refractivity contribution < 1.29 is 23.5 Å². The molecule has 4 aromatic rings. The fourth-order valence-corrected chi connectivity index (χ4v) is 5.90. The van der Waals surface area contributed by atoms with Crippen molar-refractivity contribution in [1.29, 1.82) is 0 Å². The minimum atomic E-state index is -0.401. The molecular weight excluding hydrogens is 566 g/mol. The maximum Gasteiger partial charge on any atom is 0.290 e. The van der Waals surface area contributed by atoms with Crippen molar-refractivity contribution in [1.82, 2.24) is 19.7 Å². The number of amides is 3. The lowest BCUT2D eigenvalue weighted by atomic mass is 9.96. The number of ether oxygens (including phenoxy) is 1. The van der Waals surface area contributed by atoms with Crippen LogP contribution in [0.5, 0.6) is 0 Å². The first-order valence-electron chi connectivity index (χ1n) is 14.2. The summed E-state index contributed by atoms with van der Waals surface area (Å²) in [4.78, 5) is 48.7. The number of thiazole rings is 1. The largest absolute Gasteiger partial charge is 0.459 e. The van der Waals surface area contributed by atoms with E-state index in [1.165, 1.54) is 40.7 Å². The molecule has 0 aliphatic carbocycles. The van der Waals surface area contributed by atoms with Gasteiger partial charge in [-0.1, -0.05) is 60.7 Å². The second-order valence-corrected chi connectivity index (χ2v) is 11.1. The normalized spacial score (nSPS) is 13.7.